The maximum atomic E-state index is 10.5. The van der Waals surface area contributed by atoms with Crippen molar-refractivity contribution in [2.24, 2.45) is 0 Å². The lowest BCUT2D eigenvalue weighted by Crippen LogP contribution is -2.01. The largest absolute Gasteiger partial charge is 0.389 e. The molecule has 0 aliphatic rings. The Labute approximate surface area is 105 Å². The summed E-state index contributed by atoms with van der Waals surface area (Å²) in [5, 5.41) is 14.4. The third-order valence-electron chi connectivity index (χ3n) is 2.80. The fourth-order valence-corrected chi connectivity index (χ4v) is 1.73. The van der Waals surface area contributed by atoms with Crippen LogP contribution in [0, 0.1) is 10.1 Å². The van der Waals surface area contributed by atoms with Crippen LogP contribution in [-0.4, -0.2) is 14.7 Å². The second-order valence-electron chi connectivity index (χ2n) is 4.52. The molecule has 5 nitrogen and oxygen atoms in total. The van der Waals surface area contributed by atoms with Gasteiger partial charge in [0.05, 0.1) is 23.9 Å². The third-order valence-corrected chi connectivity index (χ3v) is 2.80. The third kappa shape index (κ3) is 2.74. The maximum Gasteiger partial charge on any atom is 0.389 e. The molecule has 0 saturated carbocycles. The minimum atomic E-state index is -0.488. The zero-order valence-electron chi connectivity index (χ0n) is 10.4. The van der Waals surface area contributed by atoms with E-state index in [9.17, 15) is 10.1 Å². The average Bonchev–Trinajstić information content (AvgIpc) is 2.78. The summed E-state index contributed by atoms with van der Waals surface area (Å²) >= 11 is 0. The summed E-state index contributed by atoms with van der Waals surface area (Å²) in [5.74, 6) is 0.388. The van der Waals surface area contributed by atoms with Crippen LogP contribution in [0.15, 0.2) is 36.5 Å². The van der Waals surface area contributed by atoms with Crippen molar-refractivity contribution in [3.05, 3.63) is 57.8 Å². The predicted octanol–water partition coefficient (Wildman–Crippen LogP) is 2.96. The number of nitro groups is 1. The fraction of sp³-hybridized carbons (Fsp3) is 0.308. The molecule has 0 fully saturated rings. The van der Waals surface area contributed by atoms with Crippen LogP contribution in [0.1, 0.15) is 30.9 Å². The van der Waals surface area contributed by atoms with Crippen LogP contribution < -0.4 is 0 Å². The van der Waals surface area contributed by atoms with Crippen molar-refractivity contribution in [1.82, 2.24) is 9.78 Å². The Hall–Kier alpha value is -2.17. The number of nitrogens with zero attached hydrogens (tertiary/aromatic N) is 3. The van der Waals surface area contributed by atoms with Gasteiger partial charge in [-0.3, -0.25) is 0 Å². The second-order valence-corrected chi connectivity index (χ2v) is 4.52. The summed E-state index contributed by atoms with van der Waals surface area (Å²) in [4.78, 5) is 10.0. The monoisotopic (exact) mass is 245 g/mol. The smallest absolute Gasteiger partial charge is 0.358 e. The molecular formula is C13H15N3O2. The normalized spacial score (nSPS) is 10.8. The zero-order chi connectivity index (χ0) is 13.1. The molecule has 1 heterocycles. The Morgan fingerprint density at radius 3 is 2.44 bits per heavy atom. The summed E-state index contributed by atoms with van der Waals surface area (Å²) in [6, 6.07) is 9.63. The summed E-state index contributed by atoms with van der Waals surface area (Å²) in [5.41, 5.74) is 2.36. The Morgan fingerprint density at radius 2 is 1.94 bits per heavy atom. The molecule has 0 saturated heterocycles. The van der Waals surface area contributed by atoms with Gasteiger partial charge >= 0.3 is 5.82 Å². The quantitative estimate of drug-likeness (QED) is 0.614. The van der Waals surface area contributed by atoms with Crippen molar-refractivity contribution in [2.45, 2.75) is 26.3 Å². The van der Waals surface area contributed by atoms with E-state index in [-0.39, 0.29) is 5.82 Å². The summed E-state index contributed by atoms with van der Waals surface area (Å²) in [7, 11) is 0. The van der Waals surface area contributed by atoms with E-state index < -0.39 is 4.92 Å². The molecule has 0 aliphatic heterocycles. The van der Waals surface area contributed by atoms with Crippen molar-refractivity contribution in [3.8, 4) is 0 Å². The van der Waals surface area contributed by atoms with Crippen molar-refractivity contribution in [3.63, 3.8) is 0 Å². The van der Waals surface area contributed by atoms with E-state index >= 15 is 0 Å². The molecule has 0 atom stereocenters. The highest BCUT2D eigenvalue weighted by molar-refractivity contribution is 5.25. The van der Waals surface area contributed by atoms with Crippen LogP contribution in [0.5, 0.6) is 0 Å². The molecule has 1 aromatic heterocycles. The van der Waals surface area contributed by atoms with Gasteiger partial charge in [0.25, 0.3) is 0 Å². The molecule has 0 radical (unpaired) electrons. The lowest BCUT2D eigenvalue weighted by Gasteiger charge is -2.05. The number of rotatable bonds is 4. The van der Waals surface area contributed by atoms with Crippen molar-refractivity contribution >= 4 is 5.82 Å². The molecule has 94 valence electrons. The minimum absolute atomic E-state index is 0.117. The predicted molar refractivity (Wildman–Crippen MR) is 68.5 cm³/mol. The lowest BCUT2D eigenvalue weighted by molar-refractivity contribution is -0.389. The SMILES string of the molecule is CC(C)c1ccc(Cn2ccc([N+](=O)[O-])n2)cc1. The van der Waals surface area contributed by atoms with Crippen LogP contribution in [0.3, 0.4) is 0 Å². The van der Waals surface area contributed by atoms with Crippen LogP contribution in [0.4, 0.5) is 5.82 Å². The van der Waals surface area contributed by atoms with E-state index in [1.165, 1.54) is 11.6 Å². The Balaban J connectivity index is 2.10. The first-order valence-electron chi connectivity index (χ1n) is 5.83. The maximum absolute atomic E-state index is 10.5. The highest BCUT2D eigenvalue weighted by Gasteiger charge is 2.10. The van der Waals surface area contributed by atoms with Gasteiger partial charge in [-0.25, -0.2) is 0 Å². The molecule has 0 aliphatic carbocycles. The van der Waals surface area contributed by atoms with E-state index in [4.69, 9.17) is 0 Å². The van der Waals surface area contributed by atoms with Crippen LogP contribution in [0.25, 0.3) is 0 Å². The highest BCUT2D eigenvalue weighted by Crippen LogP contribution is 2.15. The molecule has 18 heavy (non-hydrogen) atoms. The van der Waals surface area contributed by atoms with Crippen LogP contribution in [-0.2, 0) is 6.54 Å². The fourth-order valence-electron chi connectivity index (χ4n) is 1.73. The molecule has 0 N–H and O–H groups in total. The van der Waals surface area contributed by atoms with Gasteiger partial charge in [0.2, 0.25) is 0 Å². The van der Waals surface area contributed by atoms with E-state index in [1.54, 1.807) is 10.9 Å². The summed E-state index contributed by atoms with van der Waals surface area (Å²) in [6.45, 7) is 4.84. The zero-order valence-corrected chi connectivity index (χ0v) is 10.4. The highest BCUT2D eigenvalue weighted by atomic mass is 16.6. The number of hydrogen-bond acceptors (Lipinski definition) is 3. The molecular weight excluding hydrogens is 230 g/mol. The first kappa shape index (κ1) is 12.3. The average molecular weight is 245 g/mol. The first-order chi connectivity index (χ1) is 8.56. The van der Waals surface area contributed by atoms with Gasteiger partial charge in [-0.1, -0.05) is 38.1 Å². The topological polar surface area (TPSA) is 61.0 Å². The molecule has 0 bridgehead atoms. The van der Waals surface area contributed by atoms with Gasteiger partial charge in [0, 0.05) is 0 Å². The second kappa shape index (κ2) is 5.00. The van der Waals surface area contributed by atoms with E-state index in [0.717, 1.165) is 5.56 Å². The van der Waals surface area contributed by atoms with Crippen molar-refractivity contribution in [2.75, 3.05) is 0 Å². The molecule has 2 aromatic rings. The molecule has 0 unspecified atom stereocenters. The molecule has 1 aromatic carbocycles. The first-order valence-corrected chi connectivity index (χ1v) is 5.83. The molecule has 0 amide bonds. The van der Waals surface area contributed by atoms with Crippen molar-refractivity contribution < 1.29 is 4.92 Å². The number of hydrogen-bond donors (Lipinski definition) is 0. The van der Waals surface area contributed by atoms with Gasteiger partial charge in [0.15, 0.2) is 0 Å². The standard InChI is InChI=1S/C13H15N3O2/c1-10(2)12-5-3-11(4-6-12)9-15-8-7-13(14-15)16(17)18/h3-8,10H,9H2,1-2H3. The van der Waals surface area contributed by atoms with Crippen molar-refractivity contribution in [1.29, 1.82) is 0 Å². The van der Waals surface area contributed by atoms with E-state index in [2.05, 4.69) is 31.1 Å². The van der Waals surface area contributed by atoms with E-state index in [0.29, 0.717) is 12.5 Å². The Morgan fingerprint density at radius 1 is 1.28 bits per heavy atom. The summed E-state index contributed by atoms with van der Waals surface area (Å²) < 4.78 is 1.57. The van der Waals surface area contributed by atoms with Gasteiger partial charge in [-0.2, -0.15) is 4.68 Å². The van der Waals surface area contributed by atoms with Crippen LogP contribution >= 0.6 is 0 Å². The Bertz CT molecular complexity index is 544. The lowest BCUT2D eigenvalue weighted by atomic mass is 10.0. The van der Waals surface area contributed by atoms with Gasteiger partial charge in [-0.15, -0.1) is 0 Å². The van der Waals surface area contributed by atoms with Gasteiger partial charge < -0.3 is 10.1 Å². The number of aromatic nitrogens is 2. The Kier molecular flexibility index (Phi) is 3.41. The molecule has 0 spiro atoms. The molecule has 2 rings (SSSR count). The van der Waals surface area contributed by atoms with Gasteiger partial charge in [0.1, 0.15) is 0 Å². The molecule has 5 heteroatoms. The van der Waals surface area contributed by atoms with Gasteiger partial charge in [-0.05, 0) is 22.0 Å². The van der Waals surface area contributed by atoms with Crippen LogP contribution in [0.2, 0.25) is 0 Å². The minimum Gasteiger partial charge on any atom is -0.358 e. The number of benzene rings is 1. The summed E-state index contributed by atoms with van der Waals surface area (Å²) in [6.07, 6.45) is 1.62. The van der Waals surface area contributed by atoms with E-state index in [1.807, 2.05) is 12.1 Å².